The minimum absolute atomic E-state index is 0.171. The molecule has 2 aliphatic rings. The van der Waals surface area contributed by atoms with Crippen molar-refractivity contribution in [2.45, 2.75) is 32.2 Å². The summed E-state index contributed by atoms with van der Waals surface area (Å²) in [6.45, 7) is 1.96. The van der Waals surface area contributed by atoms with Gasteiger partial charge in [0.1, 0.15) is 17.6 Å². The highest BCUT2D eigenvalue weighted by atomic mass is 16.3. The van der Waals surface area contributed by atoms with Crippen LogP contribution in [0.15, 0.2) is 53.1 Å². The maximum absolute atomic E-state index is 12.7. The molecule has 2 aromatic heterocycles. The van der Waals surface area contributed by atoms with E-state index >= 15 is 0 Å². The van der Waals surface area contributed by atoms with Gasteiger partial charge >= 0.3 is 11.8 Å². The highest BCUT2D eigenvalue weighted by Gasteiger charge is 2.30. The molecule has 0 bridgehead atoms. The zero-order valence-electron chi connectivity index (χ0n) is 19.5. The number of hydrogen-bond acceptors (Lipinski definition) is 6. The van der Waals surface area contributed by atoms with Crippen molar-refractivity contribution in [2.75, 3.05) is 31.1 Å². The summed E-state index contributed by atoms with van der Waals surface area (Å²) >= 11 is 0. The monoisotopic (exact) mass is 469 g/mol. The van der Waals surface area contributed by atoms with E-state index in [-0.39, 0.29) is 6.54 Å². The molecule has 0 unspecified atom stereocenters. The van der Waals surface area contributed by atoms with Crippen LogP contribution in [-0.4, -0.2) is 47.9 Å². The topological polar surface area (TPSA) is 102 Å². The Morgan fingerprint density at radius 3 is 2.43 bits per heavy atom. The maximum atomic E-state index is 12.7. The number of anilines is 1. The predicted molar refractivity (Wildman–Crippen MR) is 130 cm³/mol. The van der Waals surface area contributed by atoms with E-state index in [1.165, 1.54) is 11.8 Å². The molecule has 1 aliphatic heterocycles. The number of nitrogens with one attached hydrogen (secondary N) is 1. The zero-order valence-corrected chi connectivity index (χ0v) is 19.5. The van der Waals surface area contributed by atoms with Gasteiger partial charge in [0.25, 0.3) is 0 Å². The summed E-state index contributed by atoms with van der Waals surface area (Å²) in [4.78, 5) is 33.6. The molecule has 1 N–H and O–H groups in total. The molecule has 0 saturated carbocycles. The number of pyridine rings is 1. The Morgan fingerprint density at radius 1 is 1.00 bits per heavy atom. The average Bonchev–Trinajstić information content (AvgIpc) is 3.45. The van der Waals surface area contributed by atoms with Gasteiger partial charge in [0.15, 0.2) is 0 Å². The second-order valence-corrected chi connectivity index (χ2v) is 8.84. The molecule has 1 aliphatic carbocycles. The summed E-state index contributed by atoms with van der Waals surface area (Å²) in [6.07, 6.45) is 5.49. The van der Waals surface area contributed by atoms with E-state index in [0.717, 1.165) is 42.5 Å². The molecule has 3 aromatic rings. The highest BCUT2D eigenvalue weighted by molar-refractivity contribution is 6.35. The van der Waals surface area contributed by atoms with Gasteiger partial charge in [-0.05, 0) is 48.9 Å². The van der Waals surface area contributed by atoms with Crippen LogP contribution in [0.5, 0.6) is 0 Å². The van der Waals surface area contributed by atoms with Crippen LogP contribution in [0.3, 0.4) is 0 Å². The third kappa shape index (κ3) is 4.62. The first kappa shape index (κ1) is 22.7. The lowest BCUT2D eigenvalue weighted by atomic mass is 9.86. The molecular weight excluding hydrogens is 442 g/mol. The van der Waals surface area contributed by atoms with Crippen LogP contribution in [-0.2, 0) is 29.0 Å². The number of benzene rings is 1. The van der Waals surface area contributed by atoms with Gasteiger partial charge in [-0.15, -0.1) is 0 Å². The van der Waals surface area contributed by atoms with Gasteiger partial charge in [0.05, 0.1) is 24.1 Å². The minimum atomic E-state index is -0.647. The summed E-state index contributed by atoms with van der Waals surface area (Å²) in [7, 11) is 0. The van der Waals surface area contributed by atoms with Gasteiger partial charge in [0.2, 0.25) is 0 Å². The number of hydrogen-bond donors (Lipinski definition) is 1. The number of rotatable bonds is 4. The number of nitrogens with zero attached hydrogens (tertiary/aromatic N) is 4. The molecule has 0 spiro atoms. The van der Waals surface area contributed by atoms with Crippen LogP contribution in [0.1, 0.15) is 35.3 Å². The van der Waals surface area contributed by atoms with Crippen molar-refractivity contribution < 1.29 is 14.0 Å². The smallest absolute Gasteiger partial charge is 0.312 e. The highest BCUT2D eigenvalue weighted by Crippen LogP contribution is 2.36. The van der Waals surface area contributed by atoms with Gasteiger partial charge in [-0.3, -0.25) is 9.59 Å². The van der Waals surface area contributed by atoms with Crippen LogP contribution < -0.4 is 10.2 Å². The molecule has 3 heterocycles. The Balaban J connectivity index is 1.34. The molecule has 1 saturated heterocycles. The number of nitriles is 1. The van der Waals surface area contributed by atoms with Crippen LogP contribution in [0.2, 0.25) is 0 Å². The Hall–Kier alpha value is -4.12. The quantitative estimate of drug-likeness (QED) is 0.589. The van der Waals surface area contributed by atoms with Gasteiger partial charge in [-0.1, -0.05) is 30.3 Å². The average molecular weight is 470 g/mol. The summed E-state index contributed by atoms with van der Waals surface area (Å²) in [5, 5.41) is 12.7. The molecule has 5 rings (SSSR count). The molecule has 0 radical (unpaired) electrons. The second kappa shape index (κ2) is 10.0. The van der Waals surface area contributed by atoms with Gasteiger partial charge in [-0.25, -0.2) is 4.98 Å². The standard InChI is InChI=1S/C27H27N5O3/c28-17-23-21-10-4-5-11-22(21)24(19-7-2-1-3-8-19)30-25(23)31-12-14-32(15-13-31)27(34)26(33)29-18-20-9-6-16-35-20/h1-3,6-9,16H,4-5,10-15,18H2,(H,29,33). The lowest BCUT2D eigenvalue weighted by Crippen LogP contribution is -2.53. The third-order valence-corrected chi connectivity index (χ3v) is 6.72. The van der Waals surface area contributed by atoms with Gasteiger partial charge in [-0.2, -0.15) is 5.26 Å². The normalized spacial score (nSPS) is 15.3. The Kier molecular flexibility index (Phi) is 6.49. The fourth-order valence-electron chi connectivity index (χ4n) is 4.91. The van der Waals surface area contributed by atoms with E-state index in [0.29, 0.717) is 43.3 Å². The van der Waals surface area contributed by atoms with E-state index < -0.39 is 11.8 Å². The molecule has 35 heavy (non-hydrogen) atoms. The number of amides is 2. The summed E-state index contributed by atoms with van der Waals surface area (Å²) in [5.41, 5.74) is 4.95. The number of carbonyl (C=O) groups is 2. The van der Waals surface area contributed by atoms with Crippen molar-refractivity contribution in [2.24, 2.45) is 0 Å². The van der Waals surface area contributed by atoms with E-state index in [9.17, 15) is 14.9 Å². The lowest BCUT2D eigenvalue weighted by Gasteiger charge is -2.36. The van der Waals surface area contributed by atoms with Crippen LogP contribution >= 0.6 is 0 Å². The first-order valence-electron chi connectivity index (χ1n) is 12.0. The fourth-order valence-corrected chi connectivity index (χ4v) is 4.91. The SMILES string of the molecule is N#Cc1c(N2CCN(C(=O)C(=O)NCc3ccco3)CC2)nc(-c2ccccc2)c2c1CCCC2. The molecule has 0 atom stereocenters. The fraction of sp³-hybridized carbons (Fsp3) is 0.333. The van der Waals surface area contributed by atoms with Crippen molar-refractivity contribution in [3.8, 4) is 17.3 Å². The maximum Gasteiger partial charge on any atom is 0.312 e. The molecule has 8 nitrogen and oxygen atoms in total. The van der Waals surface area contributed by atoms with Crippen LogP contribution in [0.4, 0.5) is 5.82 Å². The number of fused-ring (bicyclic) bond motifs is 1. The van der Waals surface area contributed by atoms with Crippen molar-refractivity contribution >= 4 is 17.6 Å². The molecule has 178 valence electrons. The van der Waals surface area contributed by atoms with Crippen LogP contribution in [0.25, 0.3) is 11.3 Å². The summed E-state index contributed by atoms with van der Waals surface area (Å²) < 4.78 is 5.20. The molecular formula is C27H27N5O3. The second-order valence-electron chi connectivity index (χ2n) is 8.84. The Morgan fingerprint density at radius 2 is 1.74 bits per heavy atom. The molecule has 2 amide bonds. The molecule has 1 aromatic carbocycles. The number of aromatic nitrogens is 1. The first-order chi connectivity index (χ1) is 17.2. The zero-order chi connectivity index (χ0) is 24.2. The Bertz CT molecular complexity index is 1260. The number of furan rings is 1. The molecule has 1 fully saturated rings. The largest absolute Gasteiger partial charge is 0.467 e. The van der Waals surface area contributed by atoms with Gasteiger partial charge < -0.3 is 19.5 Å². The predicted octanol–water partition coefficient (Wildman–Crippen LogP) is 3.06. The van der Waals surface area contributed by atoms with E-state index in [1.54, 1.807) is 17.0 Å². The minimum Gasteiger partial charge on any atom is -0.467 e. The third-order valence-electron chi connectivity index (χ3n) is 6.72. The van der Waals surface area contributed by atoms with Crippen molar-refractivity contribution in [1.29, 1.82) is 5.26 Å². The Labute approximate surface area is 204 Å². The van der Waals surface area contributed by atoms with Gasteiger partial charge in [0, 0.05) is 31.7 Å². The number of piperazine rings is 1. The summed E-state index contributed by atoms with van der Waals surface area (Å²) in [6, 6.07) is 16.0. The molecule has 8 heteroatoms. The summed E-state index contributed by atoms with van der Waals surface area (Å²) in [5.74, 6) is 0.0694. The van der Waals surface area contributed by atoms with Crippen molar-refractivity contribution in [1.82, 2.24) is 15.2 Å². The first-order valence-corrected chi connectivity index (χ1v) is 12.0. The van der Waals surface area contributed by atoms with Crippen molar-refractivity contribution in [3.05, 3.63) is 71.2 Å². The van der Waals surface area contributed by atoms with E-state index in [1.807, 2.05) is 18.2 Å². The van der Waals surface area contributed by atoms with Crippen molar-refractivity contribution in [3.63, 3.8) is 0 Å². The van der Waals surface area contributed by atoms with E-state index in [2.05, 4.69) is 28.4 Å². The van der Waals surface area contributed by atoms with Crippen LogP contribution in [0, 0.1) is 11.3 Å². The number of carbonyl (C=O) groups excluding carboxylic acids is 2. The lowest BCUT2D eigenvalue weighted by molar-refractivity contribution is -0.146. The van der Waals surface area contributed by atoms with E-state index in [4.69, 9.17) is 9.40 Å².